The molecule has 4 heteroatoms. The molecule has 3 nitrogen and oxygen atoms in total. The minimum atomic E-state index is 0.672. The summed E-state index contributed by atoms with van der Waals surface area (Å²) in [4.78, 5) is 10.9. The monoisotopic (exact) mass is 653 g/mol. The SMILES string of the molecule is c1ccc(-c2ccc3nc(-n4c5ccccc5c5c6c7ccccc7ccc6c6sc7ccccc7c6c54)nc(-c4ccccc4)c3c2)cc1. The van der Waals surface area contributed by atoms with Crippen LogP contribution in [0.1, 0.15) is 0 Å². The minimum Gasteiger partial charge on any atom is -0.277 e. The van der Waals surface area contributed by atoms with Gasteiger partial charge in [-0.1, -0.05) is 140 Å². The van der Waals surface area contributed by atoms with E-state index in [0.717, 1.165) is 38.8 Å². The van der Waals surface area contributed by atoms with Crippen molar-refractivity contribution in [1.29, 1.82) is 0 Å². The highest BCUT2D eigenvalue weighted by atomic mass is 32.1. The number of thiophene rings is 1. The minimum absolute atomic E-state index is 0.672. The van der Waals surface area contributed by atoms with Crippen molar-refractivity contribution in [2.45, 2.75) is 0 Å². The number of fused-ring (bicyclic) bond motifs is 13. The molecule has 0 aliphatic heterocycles. The Morgan fingerprint density at radius 3 is 1.98 bits per heavy atom. The summed E-state index contributed by atoms with van der Waals surface area (Å²) in [6.45, 7) is 0. The van der Waals surface area contributed by atoms with Crippen molar-refractivity contribution in [3.63, 3.8) is 0 Å². The van der Waals surface area contributed by atoms with E-state index in [1.807, 2.05) is 11.3 Å². The highest BCUT2D eigenvalue weighted by Crippen LogP contribution is 2.49. The Kier molecular flexibility index (Phi) is 5.83. The zero-order chi connectivity index (χ0) is 32.8. The highest BCUT2D eigenvalue weighted by Gasteiger charge is 2.24. The first kappa shape index (κ1) is 27.6. The van der Waals surface area contributed by atoms with E-state index in [9.17, 15) is 0 Å². The van der Waals surface area contributed by atoms with Gasteiger partial charge in [0.25, 0.3) is 0 Å². The van der Waals surface area contributed by atoms with E-state index >= 15 is 0 Å². The van der Waals surface area contributed by atoms with Crippen LogP contribution in [0.5, 0.6) is 0 Å². The molecule has 0 aliphatic carbocycles. The second kappa shape index (κ2) is 10.6. The average molecular weight is 654 g/mol. The molecule has 0 amide bonds. The predicted octanol–water partition coefficient (Wildman–Crippen LogP) is 12.7. The van der Waals surface area contributed by atoms with Crippen molar-refractivity contribution < 1.29 is 0 Å². The van der Waals surface area contributed by atoms with Crippen molar-refractivity contribution in [2.75, 3.05) is 0 Å². The topological polar surface area (TPSA) is 30.7 Å². The average Bonchev–Trinajstić information content (AvgIpc) is 3.74. The zero-order valence-electron chi connectivity index (χ0n) is 26.8. The van der Waals surface area contributed by atoms with E-state index in [-0.39, 0.29) is 0 Å². The van der Waals surface area contributed by atoms with E-state index in [4.69, 9.17) is 9.97 Å². The second-order valence-corrected chi connectivity index (χ2v) is 14.0. The molecular weight excluding hydrogens is 627 g/mol. The molecule has 50 heavy (non-hydrogen) atoms. The molecule has 0 N–H and O–H groups in total. The van der Waals surface area contributed by atoms with E-state index in [2.05, 4.69) is 168 Å². The van der Waals surface area contributed by atoms with E-state index < -0.39 is 0 Å². The number of rotatable bonds is 3. The summed E-state index contributed by atoms with van der Waals surface area (Å²) in [6, 6.07) is 58.6. The molecular formula is C46H27N3S. The quantitative estimate of drug-likeness (QED) is 0.178. The largest absolute Gasteiger partial charge is 0.277 e. The molecule has 3 aromatic heterocycles. The smallest absolute Gasteiger partial charge is 0.235 e. The van der Waals surface area contributed by atoms with Gasteiger partial charge in [-0.05, 0) is 46.2 Å². The molecule has 0 spiro atoms. The first-order valence-electron chi connectivity index (χ1n) is 16.9. The lowest BCUT2D eigenvalue weighted by atomic mass is 9.95. The molecule has 0 unspecified atom stereocenters. The predicted molar refractivity (Wildman–Crippen MR) is 213 cm³/mol. The van der Waals surface area contributed by atoms with Crippen LogP contribution in [-0.2, 0) is 0 Å². The maximum atomic E-state index is 5.52. The van der Waals surface area contributed by atoms with Crippen LogP contribution in [-0.4, -0.2) is 14.5 Å². The van der Waals surface area contributed by atoms with Crippen molar-refractivity contribution in [1.82, 2.24) is 14.5 Å². The Bertz CT molecular complexity index is 3140. The van der Waals surface area contributed by atoms with Gasteiger partial charge >= 0.3 is 0 Å². The molecule has 3 heterocycles. The van der Waals surface area contributed by atoms with Crippen LogP contribution in [0.4, 0.5) is 0 Å². The molecule has 0 fully saturated rings. The lowest BCUT2D eigenvalue weighted by molar-refractivity contribution is 1.02. The number of hydrogen-bond donors (Lipinski definition) is 0. The fourth-order valence-electron chi connectivity index (χ4n) is 7.98. The van der Waals surface area contributed by atoms with Gasteiger partial charge < -0.3 is 0 Å². The zero-order valence-corrected chi connectivity index (χ0v) is 27.7. The second-order valence-electron chi connectivity index (χ2n) is 12.9. The highest BCUT2D eigenvalue weighted by molar-refractivity contribution is 7.27. The maximum absolute atomic E-state index is 5.52. The fraction of sp³-hybridized carbons (Fsp3) is 0. The molecule has 0 atom stereocenters. The van der Waals surface area contributed by atoms with Crippen LogP contribution >= 0.6 is 11.3 Å². The van der Waals surface area contributed by atoms with Gasteiger partial charge in [-0.3, -0.25) is 4.57 Å². The Balaban J connectivity index is 1.35. The van der Waals surface area contributed by atoms with Gasteiger partial charge in [0.05, 0.1) is 22.2 Å². The molecule has 0 saturated carbocycles. The number of para-hydroxylation sites is 1. The lowest BCUT2D eigenvalue weighted by Gasteiger charge is -2.14. The maximum Gasteiger partial charge on any atom is 0.235 e. The van der Waals surface area contributed by atoms with E-state index in [1.165, 1.54) is 58.1 Å². The van der Waals surface area contributed by atoms with Gasteiger partial charge in [-0.25, -0.2) is 9.97 Å². The van der Waals surface area contributed by atoms with Crippen molar-refractivity contribution in [2.24, 2.45) is 0 Å². The molecule has 11 aromatic rings. The number of hydrogen-bond acceptors (Lipinski definition) is 3. The standard InChI is InChI=1S/C46H27N3S/c1-3-13-28(14-4-1)31-24-26-37-36(27-31)43(30-16-5-2-6-17-30)48-46(47-37)49-38-21-11-9-19-33(38)41-40-32-18-8-7-15-29(32)23-25-35(40)45-42(44(41)49)34-20-10-12-22-39(34)50-45/h1-27H. The van der Waals surface area contributed by atoms with Crippen LogP contribution in [0.3, 0.4) is 0 Å². The summed E-state index contributed by atoms with van der Waals surface area (Å²) < 4.78 is 4.91. The Hall–Kier alpha value is -6.36. The van der Waals surface area contributed by atoms with E-state index in [1.54, 1.807) is 0 Å². The Labute approximate surface area is 291 Å². The van der Waals surface area contributed by atoms with Crippen molar-refractivity contribution >= 4 is 85.8 Å². The van der Waals surface area contributed by atoms with Gasteiger partial charge in [0.15, 0.2) is 0 Å². The van der Waals surface area contributed by atoms with Crippen LogP contribution < -0.4 is 0 Å². The van der Waals surface area contributed by atoms with Crippen LogP contribution in [0.25, 0.3) is 103 Å². The third-order valence-corrected chi connectivity index (χ3v) is 11.4. The first-order valence-corrected chi connectivity index (χ1v) is 17.7. The fourth-order valence-corrected chi connectivity index (χ4v) is 9.22. The van der Waals surface area contributed by atoms with Crippen LogP contribution in [0.15, 0.2) is 164 Å². The van der Waals surface area contributed by atoms with Crippen molar-refractivity contribution in [3.8, 4) is 28.3 Å². The normalized spacial score (nSPS) is 12.0. The summed E-state index contributed by atoms with van der Waals surface area (Å²) in [5, 5.41) is 11.0. The Morgan fingerprint density at radius 2 is 1.14 bits per heavy atom. The number of aromatic nitrogens is 3. The molecule has 0 aliphatic rings. The third kappa shape index (κ3) is 3.91. The van der Waals surface area contributed by atoms with Gasteiger partial charge in [0.1, 0.15) is 0 Å². The third-order valence-electron chi connectivity index (χ3n) is 10.2. The van der Waals surface area contributed by atoms with Gasteiger partial charge in [-0.2, -0.15) is 0 Å². The molecule has 0 radical (unpaired) electrons. The summed E-state index contributed by atoms with van der Waals surface area (Å²) >= 11 is 1.88. The van der Waals surface area contributed by atoms with Gasteiger partial charge in [-0.15, -0.1) is 11.3 Å². The lowest BCUT2D eigenvalue weighted by Crippen LogP contribution is -2.04. The summed E-state index contributed by atoms with van der Waals surface area (Å²) in [5.41, 5.74) is 7.47. The molecule has 232 valence electrons. The Morgan fingerprint density at radius 1 is 0.440 bits per heavy atom. The number of benzene rings is 8. The van der Waals surface area contributed by atoms with Crippen molar-refractivity contribution in [3.05, 3.63) is 164 Å². The summed E-state index contributed by atoms with van der Waals surface area (Å²) in [7, 11) is 0. The summed E-state index contributed by atoms with van der Waals surface area (Å²) in [5.74, 6) is 0.672. The first-order chi connectivity index (χ1) is 24.8. The number of nitrogens with zero attached hydrogens (tertiary/aromatic N) is 3. The summed E-state index contributed by atoms with van der Waals surface area (Å²) in [6.07, 6.45) is 0. The van der Waals surface area contributed by atoms with Gasteiger partial charge in [0, 0.05) is 52.7 Å². The molecule has 0 bridgehead atoms. The van der Waals surface area contributed by atoms with E-state index in [0.29, 0.717) is 5.95 Å². The molecule has 11 rings (SSSR count). The van der Waals surface area contributed by atoms with Crippen LogP contribution in [0.2, 0.25) is 0 Å². The molecule has 8 aromatic carbocycles. The van der Waals surface area contributed by atoms with Crippen LogP contribution in [0, 0.1) is 0 Å². The van der Waals surface area contributed by atoms with Gasteiger partial charge in [0.2, 0.25) is 5.95 Å². The molecule has 0 saturated heterocycles.